The molecule has 0 aliphatic carbocycles. The Bertz CT molecular complexity index is 569. The molecule has 0 aliphatic heterocycles. The first-order chi connectivity index (χ1) is 10.9. The molecule has 1 aromatic rings. The van der Waals surface area contributed by atoms with Crippen molar-refractivity contribution >= 4 is 23.5 Å². The Morgan fingerprint density at radius 2 is 2.00 bits per heavy atom. The first-order valence-corrected chi connectivity index (χ1v) is 7.88. The highest BCUT2D eigenvalue weighted by Crippen LogP contribution is 2.14. The molecule has 6 heteroatoms. The monoisotopic (exact) mass is 336 g/mol. The van der Waals surface area contributed by atoms with E-state index in [0.717, 1.165) is 22.6 Å². The van der Waals surface area contributed by atoms with Crippen LogP contribution in [0.5, 0.6) is 0 Å². The fraction of sp³-hybridized carbons (Fsp3) is 0.412. The number of amides is 1. The predicted octanol–water partition coefficient (Wildman–Crippen LogP) is 2.08. The highest BCUT2D eigenvalue weighted by Gasteiger charge is 2.05. The molecule has 5 nitrogen and oxygen atoms in total. The van der Waals surface area contributed by atoms with Gasteiger partial charge in [0.25, 0.3) is 0 Å². The van der Waals surface area contributed by atoms with E-state index in [9.17, 15) is 4.79 Å². The summed E-state index contributed by atoms with van der Waals surface area (Å²) in [6, 6.07) is 7.75. The Morgan fingerprint density at radius 1 is 1.30 bits per heavy atom. The normalized spacial score (nSPS) is 11.0. The van der Waals surface area contributed by atoms with Crippen molar-refractivity contribution in [1.82, 2.24) is 15.5 Å². The van der Waals surface area contributed by atoms with E-state index in [0.29, 0.717) is 19.0 Å². The Labute approximate surface area is 143 Å². The molecule has 0 atom stereocenters. The lowest BCUT2D eigenvalue weighted by Gasteiger charge is -2.14. The van der Waals surface area contributed by atoms with Crippen LogP contribution in [0.2, 0.25) is 5.02 Å². The molecule has 0 bridgehead atoms. The van der Waals surface area contributed by atoms with Crippen LogP contribution in [0.3, 0.4) is 0 Å². The first-order valence-electron chi connectivity index (χ1n) is 7.50. The summed E-state index contributed by atoms with van der Waals surface area (Å²) in [5.41, 5.74) is 2.06. The van der Waals surface area contributed by atoms with Gasteiger partial charge in [0, 0.05) is 32.2 Å². The number of nitrogens with one attached hydrogen (secondary N) is 2. The summed E-state index contributed by atoms with van der Waals surface area (Å²) in [7, 11) is 3.42. The summed E-state index contributed by atoms with van der Waals surface area (Å²) in [6.07, 6.45) is 0.773. The maximum Gasteiger partial charge on any atom is 0.243 e. The maximum atomic E-state index is 11.7. The molecule has 23 heavy (non-hydrogen) atoms. The first kappa shape index (κ1) is 19.0. The van der Waals surface area contributed by atoms with E-state index in [4.69, 9.17) is 11.6 Å². The number of hydrogen-bond acceptors (Lipinski definition) is 2. The number of benzene rings is 1. The number of halogens is 1. The topological polar surface area (TPSA) is 56.7 Å². The number of carbonyl (C=O) groups excluding carboxylic acids is 1. The van der Waals surface area contributed by atoms with Crippen molar-refractivity contribution in [2.75, 3.05) is 33.7 Å². The van der Waals surface area contributed by atoms with Gasteiger partial charge < -0.3 is 15.5 Å². The summed E-state index contributed by atoms with van der Waals surface area (Å²) in [5.74, 6) is 0.544. The van der Waals surface area contributed by atoms with E-state index in [1.54, 1.807) is 14.1 Å². The van der Waals surface area contributed by atoms with Crippen molar-refractivity contribution in [3.05, 3.63) is 47.0 Å². The largest absolute Gasteiger partial charge is 0.356 e. The van der Waals surface area contributed by atoms with Crippen LogP contribution in [-0.2, 0) is 11.2 Å². The standard InChI is InChI=1S/C17H25ClN4O/c1-13(2)11-20-17(21-12-16(23)22(3)4)19-10-9-14-7-5-6-8-15(14)18/h5-8H,1,9-12H2,2-4H3,(H2,19,20,21). The number of nitrogens with zero attached hydrogens (tertiary/aromatic N) is 2. The second kappa shape index (κ2) is 9.90. The molecule has 1 amide bonds. The third kappa shape index (κ3) is 7.70. The highest BCUT2D eigenvalue weighted by atomic mass is 35.5. The molecule has 0 saturated heterocycles. The van der Waals surface area contributed by atoms with Gasteiger partial charge in [-0.3, -0.25) is 4.79 Å². The van der Waals surface area contributed by atoms with Gasteiger partial charge in [-0.05, 0) is 25.0 Å². The number of likely N-dealkylation sites (N-methyl/N-ethyl adjacent to an activating group) is 1. The SMILES string of the molecule is C=C(C)CNC(=NCC(=O)N(C)C)NCCc1ccccc1Cl. The van der Waals surface area contributed by atoms with Crippen LogP contribution >= 0.6 is 11.6 Å². The van der Waals surface area contributed by atoms with Gasteiger partial charge in [0.2, 0.25) is 5.91 Å². The minimum absolute atomic E-state index is 0.0486. The predicted molar refractivity (Wildman–Crippen MR) is 97.0 cm³/mol. The number of guanidine groups is 1. The van der Waals surface area contributed by atoms with E-state index in [-0.39, 0.29) is 12.5 Å². The van der Waals surface area contributed by atoms with Crippen LogP contribution < -0.4 is 10.6 Å². The number of carbonyl (C=O) groups is 1. The Kier molecular flexibility index (Phi) is 8.19. The minimum atomic E-state index is -0.0486. The van der Waals surface area contributed by atoms with Gasteiger partial charge in [0.1, 0.15) is 6.54 Å². The van der Waals surface area contributed by atoms with E-state index in [1.807, 2.05) is 31.2 Å². The Hall–Kier alpha value is -2.01. The van der Waals surface area contributed by atoms with E-state index in [1.165, 1.54) is 4.90 Å². The molecule has 126 valence electrons. The fourth-order valence-electron chi connectivity index (χ4n) is 1.71. The average molecular weight is 337 g/mol. The number of aliphatic imine (C=N–C) groups is 1. The molecule has 0 radical (unpaired) electrons. The lowest BCUT2D eigenvalue weighted by molar-refractivity contribution is -0.127. The van der Waals surface area contributed by atoms with Crippen LogP contribution in [0.1, 0.15) is 12.5 Å². The molecule has 2 N–H and O–H groups in total. The molecule has 0 fully saturated rings. The Morgan fingerprint density at radius 3 is 2.61 bits per heavy atom. The third-order valence-corrected chi connectivity index (χ3v) is 3.44. The van der Waals surface area contributed by atoms with E-state index < -0.39 is 0 Å². The van der Waals surface area contributed by atoms with Crippen molar-refractivity contribution < 1.29 is 4.79 Å². The minimum Gasteiger partial charge on any atom is -0.356 e. The molecular weight excluding hydrogens is 312 g/mol. The second-order valence-electron chi connectivity index (χ2n) is 5.53. The summed E-state index contributed by atoms with van der Waals surface area (Å²) >= 11 is 6.14. The highest BCUT2D eigenvalue weighted by molar-refractivity contribution is 6.31. The quantitative estimate of drug-likeness (QED) is 0.455. The molecular formula is C17H25ClN4O. The Balaban J connectivity index is 2.58. The van der Waals surface area contributed by atoms with Crippen LogP contribution in [-0.4, -0.2) is 50.5 Å². The van der Waals surface area contributed by atoms with Crippen molar-refractivity contribution in [3.63, 3.8) is 0 Å². The lowest BCUT2D eigenvalue weighted by atomic mass is 10.1. The van der Waals surface area contributed by atoms with Crippen molar-refractivity contribution in [2.45, 2.75) is 13.3 Å². The average Bonchev–Trinajstić information content (AvgIpc) is 2.50. The second-order valence-corrected chi connectivity index (χ2v) is 5.94. The van der Waals surface area contributed by atoms with Gasteiger partial charge in [-0.25, -0.2) is 4.99 Å². The van der Waals surface area contributed by atoms with Gasteiger partial charge in [0.05, 0.1) is 0 Å². The zero-order valence-electron chi connectivity index (χ0n) is 14.0. The summed E-state index contributed by atoms with van der Waals surface area (Å²) in [4.78, 5) is 17.5. The van der Waals surface area contributed by atoms with Crippen molar-refractivity contribution in [3.8, 4) is 0 Å². The molecule has 1 rings (SSSR count). The van der Waals surface area contributed by atoms with Crippen LogP contribution in [0.25, 0.3) is 0 Å². The van der Waals surface area contributed by atoms with Crippen molar-refractivity contribution in [1.29, 1.82) is 0 Å². The molecule has 0 saturated carbocycles. The van der Waals surface area contributed by atoms with Gasteiger partial charge in [-0.1, -0.05) is 42.0 Å². The smallest absolute Gasteiger partial charge is 0.243 e. The van der Waals surface area contributed by atoms with Crippen LogP contribution in [0.15, 0.2) is 41.4 Å². The number of rotatable bonds is 7. The molecule has 0 heterocycles. The fourth-order valence-corrected chi connectivity index (χ4v) is 1.94. The molecule has 0 aliphatic rings. The van der Waals surface area contributed by atoms with Gasteiger partial charge in [0.15, 0.2) is 5.96 Å². The molecule has 0 aromatic heterocycles. The summed E-state index contributed by atoms with van der Waals surface area (Å²) in [6.45, 7) is 7.16. The van der Waals surface area contributed by atoms with E-state index >= 15 is 0 Å². The maximum absolute atomic E-state index is 11.7. The molecule has 0 spiro atoms. The third-order valence-electron chi connectivity index (χ3n) is 3.07. The zero-order valence-corrected chi connectivity index (χ0v) is 14.8. The summed E-state index contributed by atoms with van der Waals surface area (Å²) < 4.78 is 0. The van der Waals surface area contributed by atoms with Gasteiger partial charge in [-0.2, -0.15) is 0 Å². The molecule has 0 unspecified atom stereocenters. The zero-order chi connectivity index (χ0) is 17.2. The number of hydrogen-bond donors (Lipinski definition) is 2. The van der Waals surface area contributed by atoms with Gasteiger partial charge >= 0.3 is 0 Å². The van der Waals surface area contributed by atoms with Crippen LogP contribution in [0, 0.1) is 0 Å². The van der Waals surface area contributed by atoms with E-state index in [2.05, 4.69) is 22.2 Å². The van der Waals surface area contributed by atoms with Crippen molar-refractivity contribution in [2.24, 2.45) is 4.99 Å². The van der Waals surface area contributed by atoms with Gasteiger partial charge in [-0.15, -0.1) is 0 Å². The van der Waals surface area contributed by atoms with Crippen LogP contribution in [0.4, 0.5) is 0 Å². The lowest BCUT2D eigenvalue weighted by Crippen LogP contribution is -2.40. The summed E-state index contributed by atoms with van der Waals surface area (Å²) in [5, 5.41) is 7.12. The molecule has 1 aromatic carbocycles.